The maximum absolute atomic E-state index is 9.49. The molecule has 0 amide bonds. The molecule has 0 heterocycles. The van der Waals surface area contributed by atoms with Gasteiger partial charge in [-0.2, -0.15) is 0 Å². The average Bonchev–Trinajstić information content (AvgIpc) is 2.14. The molecule has 0 aromatic rings. The van der Waals surface area contributed by atoms with Crippen molar-refractivity contribution in [3.63, 3.8) is 0 Å². The first-order valence-electron chi connectivity index (χ1n) is 5.37. The standard InChI is InChI=1S/C10H24N2O/c1-3-5-6-9(13)7-8-12-10(11)4-2/h9-10,12-13H,3-8,11H2,1-2H3. The summed E-state index contributed by atoms with van der Waals surface area (Å²) in [5, 5.41) is 12.6. The number of hydrogen-bond acceptors (Lipinski definition) is 3. The number of hydrogen-bond donors (Lipinski definition) is 3. The van der Waals surface area contributed by atoms with Crippen LogP contribution in [0.25, 0.3) is 0 Å². The van der Waals surface area contributed by atoms with Crippen molar-refractivity contribution in [1.29, 1.82) is 0 Å². The van der Waals surface area contributed by atoms with Gasteiger partial charge in [0.2, 0.25) is 0 Å². The van der Waals surface area contributed by atoms with E-state index < -0.39 is 0 Å². The lowest BCUT2D eigenvalue weighted by molar-refractivity contribution is 0.150. The van der Waals surface area contributed by atoms with E-state index in [0.29, 0.717) is 0 Å². The zero-order chi connectivity index (χ0) is 10.1. The van der Waals surface area contributed by atoms with Gasteiger partial charge in [-0.1, -0.05) is 26.7 Å². The first-order valence-corrected chi connectivity index (χ1v) is 5.37. The van der Waals surface area contributed by atoms with Crippen LogP contribution in [0.4, 0.5) is 0 Å². The third kappa shape index (κ3) is 8.22. The summed E-state index contributed by atoms with van der Waals surface area (Å²) in [6, 6.07) is 0. The van der Waals surface area contributed by atoms with Crippen molar-refractivity contribution in [2.24, 2.45) is 5.73 Å². The SMILES string of the molecule is CCCCC(O)CCNC(N)CC. The van der Waals surface area contributed by atoms with Crippen molar-refractivity contribution in [1.82, 2.24) is 5.32 Å². The van der Waals surface area contributed by atoms with E-state index in [1.165, 1.54) is 0 Å². The van der Waals surface area contributed by atoms with E-state index in [2.05, 4.69) is 12.2 Å². The summed E-state index contributed by atoms with van der Waals surface area (Å²) >= 11 is 0. The second-order valence-corrected chi connectivity index (χ2v) is 3.55. The van der Waals surface area contributed by atoms with Crippen molar-refractivity contribution in [3.8, 4) is 0 Å². The predicted octanol–water partition coefficient (Wildman–Crippen LogP) is 1.21. The Bertz CT molecular complexity index is 109. The molecule has 2 atom stereocenters. The highest BCUT2D eigenvalue weighted by molar-refractivity contribution is 4.61. The summed E-state index contributed by atoms with van der Waals surface area (Å²) in [6.45, 7) is 5.00. The number of unbranched alkanes of at least 4 members (excludes halogenated alkanes) is 1. The molecule has 0 saturated carbocycles. The van der Waals surface area contributed by atoms with Gasteiger partial charge in [0.25, 0.3) is 0 Å². The number of nitrogens with two attached hydrogens (primary N) is 1. The molecule has 3 heteroatoms. The molecule has 3 nitrogen and oxygen atoms in total. The second kappa shape index (κ2) is 8.48. The maximum Gasteiger partial charge on any atom is 0.0552 e. The monoisotopic (exact) mass is 188 g/mol. The van der Waals surface area contributed by atoms with E-state index in [1.54, 1.807) is 0 Å². The van der Waals surface area contributed by atoms with E-state index in [9.17, 15) is 5.11 Å². The van der Waals surface area contributed by atoms with E-state index in [-0.39, 0.29) is 12.3 Å². The van der Waals surface area contributed by atoms with Gasteiger partial charge < -0.3 is 16.2 Å². The van der Waals surface area contributed by atoms with Crippen LogP contribution in [0.5, 0.6) is 0 Å². The van der Waals surface area contributed by atoms with Crippen molar-refractivity contribution >= 4 is 0 Å². The molecule has 0 aliphatic rings. The minimum atomic E-state index is -0.156. The summed E-state index contributed by atoms with van der Waals surface area (Å²) in [7, 11) is 0. The average molecular weight is 188 g/mol. The van der Waals surface area contributed by atoms with Crippen molar-refractivity contribution < 1.29 is 5.11 Å². The molecular weight excluding hydrogens is 164 g/mol. The van der Waals surface area contributed by atoms with Gasteiger partial charge in [0, 0.05) is 0 Å². The largest absolute Gasteiger partial charge is 0.393 e. The molecular formula is C10H24N2O. The summed E-state index contributed by atoms with van der Waals surface area (Å²) in [5.41, 5.74) is 5.67. The molecule has 13 heavy (non-hydrogen) atoms. The van der Waals surface area contributed by atoms with Gasteiger partial charge in [0.05, 0.1) is 12.3 Å². The lowest BCUT2D eigenvalue weighted by Crippen LogP contribution is -2.38. The Hall–Kier alpha value is -0.120. The van der Waals surface area contributed by atoms with Crippen molar-refractivity contribution in [3.05, 3.63) is 0 Å². The van der Waals surface area contributed by atoms with E-state index in [1.807, 2.05) is 6.92 Å². The molecule has 0 fully saturated rings. The van der Waals surface area contributed by atoms with Crippen LogP contribution < -0.4 is 11.1 Å². The molecule has 0 saturated heterocycles. The van der Waals surface area contributed by atoms with Gasteiger partial charge in [0.15, 0.2) is 0 Å². The van der Waals surface area contributed by atoms with Gasteiger partial charge in [-0.05, 0) is 25.8 Å². The Morgan fingerprint density at radius 3 is 2.54 bits per heavy atom. The molecule has 0 aliphatic heterocycles. The van der Waals surface area contributed by atoms with Crippen LogP contribution in [-0.2, 0) is 0 Å². The Labute approximate surface area is 81.7 Å². The van der Waals surface area contributed by atoms with Gasteiger partial charge in [-0.25, -0.2) is 0 Å². The molecule has 0 spiro atoms. The number of aliphatic hydroxyl groups excluding tert-OH is 1. The van der Waals surface area contributed by atoms with Gasteiger partial charge in [-0.15, -0.1) is 0 Å². The fourth-order valence-corrected chi connectivity index (χ4v) is 1.16. The van der Waals surface area contributed by atoms with Crippen LogP contribution in [-0.4, -0.2) is 23.9 Å². The molecule has 0 radical (unpaired) electrons. The Morgan fingerprint density at radius 2 is 2.00 bits per heavy atom. The van der Waals surface area contributed by atoms with Crippen LogP contribution >= 0.6 is 0 Å². The summed E-state index contributed by atoms with van der Waals surface area (Å²) < 4.78 is 0. The quantitative estimate of drug-likeness (QED) is 0.502. The van der Waals surface area contributed by atoms with Gasteiger partial charge in [0.1, 0.15) is 0 Å². The third-order valence-electron chi connectivity index (χ3n) is 2.21. The molecule has 2 unspecified atom stereocenters. The Balaban J connectivity index is 3.21. The van der Waals surface area contributed by atoms with Gasteiger partial charge in [-0.3, -0.25) is 0 Å². The van der Waals surface area contributed by atoms with Gasteiger partial charge >= 0.3 is 0 Å². The Morgan fingerprint density at radius 1 is 1.31 bits per heavy atom. The van der Waals surface area contributed by atoms with Crippen molar-refractivity contribution in [2.45, 2.75) is 58.2 Å². The first kappa shape index (κ1) is 12.9. The number of rotatable bonds is 8. The third-order valence-corrected chi connectivity index (χ3v) is 2.21. The lowest BCUT2D eigenvalue weighted by atomic mass is 10.1. The molecule has 0 aromatic heterocycles. The van der Waals surface area contributed by atoms with Crippen LogP contribution in [0, 0.1) is 0 Å². The highest BCUT2D eigenvalue weighted by atomic mass is 16.3. The topological polar surface area (TPSA) is 58.3 Å². The van der Waals surface area contributed by atoms with E-state index >= 15 is 0 Å². The second-order valence-electron chi connectivity index (χ2n) is 3.55. The molecule has 0 bridgehead atoms. The van der Waals surface area contributed by atoms with Crippen LogP contribution in [0.15, 0.2) is 0 Å². The zero-order valence-corrected chi connectivity index (χ0v) is 8.92. The number of aliphatic hydroxyl groups is 1. The number of nitrogens with one attached hydrogen (secondary N) is 1. The van der Waals surface area contributed by atoms with Crippen LogP contribution in [0.2, 0.25) is 0 Å². The Kier molecular flexibility index (Phi) is 8.40. The summed E-state index contributed by atoms with van der Waals surface area (Å²) in [5.74, 6) is 0. The smallest absolute Gasteiger partial charge is 0.0552 e. The molecule has 80 valence electrons. The minimum absolute atomic E-state index is 0.0818. The normalized spacial score (nSPS) is 15.7. The lowest BCUT2D eigenvalue weighted by Gasteiger charge is -2.13. The highest BCUT2D eigenvalue weighted by Gasteiger charge is 2.03. The fourth-order valence-electron chi connectivity index (χ4n) is 1.16. The molecule has 0 rings (SSSR count). The zero-order valence-electron chi connectivity index (χ0n) is 8.92. The van der Waals surface area contributed by atoms with Crippen LogP contribution in [0.3, 0.4) is 0 Å². The minimum Gasteiger partial charge on any atom is -0.393 e. The molecule has 0 aromatic carbocycles. The molecule has 4 N–H and O–H groups in total. The predicted molar refractivity (Wildman–Crippen MR) is 56.4 cm³/mol. The highest BCUT2D eigenvalue weighted by Crippen LogP contribution is 2.03. The first-order chi connectivity index (χ1) is 6.20. The maximum atomic E-state index is 9.49. The van der Waals surface area contributed by atoms with E-state index in [0.717, 1.165) is 38.6 Å². The summed E-state index contributed by atoms with van der Waals surface area (Å²) in [4.78, 5) is 0. The van der Waals surface area contributed by atoms with Crippen molar-refractivity contribution in [2.75, 3.05) is 6.54 Å². The summed E-state index contributed by atoms with van der Waals surface area (Å²) in [6.07, 6.45) is 4.85. The fraction of sp³-hybridized carbons (Fsp3) is 1.00. The molecule has 0 aliphatic carbocycles. The van der Waals surface area contributed by atoms with E-state index in [4.69, 9.17) is 5.73 Å². The van der Waals surface area contributed by atoms with Crippen LogP contribution in [0.1, 0.15) is 46.0 Å².